The third-order valence-corrected chi connectivity index (χ3v) is 4.16. The number of allylic oxidation sites excluding steroid dienone is 2. The van der Waals surface area contributed by atoms with Gasteiger partial charge in [0.2, 0.25) is 0 Å². The number of hydrogen-bond acceptors (Lipinski definition) is 1. The standard InChI is InChI=1S/C15H24OSi/c1-12(2)15(11-17(4,5)6)13-7-9-14(16-3)10-8-13/h7-10H,11H2,1-6H3. The summed E-state index contributed by atoms with van der Waals surface area (Å²) in [7, 11) is 0.630. The molecule has 1 aromatic carbocycles. The van der Waals surface area contributed by atoms with Crippen LogP contribution in [-0.2, 0) is 0 Å². The van der Waals surface area contributed by atoms with Crippen molar-refractivity contribution < 1.29 is 4.74 Å². The molecule has 0 atom stereocenters. The van der Waals surface area contributed by atoms with Gasteiger partial charge in [-0.2, -0.15) is 0 Å². The van der Waals surface area contributed by atoms with Crippen LogP contribution in [-0.4, -0.2) is 15.2 Å². The van der Waals surface area contributed by atoms with Crippen LogP contribution in [0.1, 0.15) is 19.4 Å². The Morgan fingerprint density at radius 2 is 1.59 bits per heavy atom. The molecule has 94 valence electrons. The van der Waals surface area contributed by atoms with E-state index in [1.807, 2.05) is 12.1 Å². The molecule has 0 aliphatic rings. The zero-order valence-electron chi connectivity index (χ0n) is 11.9. The summed E-state index contributed by atoms with van der Waals surface area (Å²) in [6.07, 6.45) is 0. The van der Waals surface area contributed by atoms with Crippen molar-refractivity contribution in [1.29, 1.82) is 0 Å². The van der Waals surface area contributed by atoms with Gasteiger partial charge in [0, 0.05) is 8.07 Å². The molecule has 0 heterocycles. The second kappa shape index (κ2) is 5.54. The van der Waals surface area contributed by atoms with Gasteiger partial charge in [-0.05, 0) is 43.2 Å². The van der Waals surface area contributed by atoms with Gasteiger partial charge in [-0.25, -0.2) is 0 Å². The molecule has 0 spiro atoms. The van der Waals surface area contributed by atoms with Crippen LogP contribution in [0, 0.1) is 0 Å². The molecule has 1 nitrogen and oxygen atoms in total. The quantitative estimate of drug-likeness (QED) is 0.694. The summed E-state index contributed by atoms with van der Waals surface area (Å²) in [6.45, 7) is 11.7. The highest BCUT2D eigenvalue weighted by atomic mass is 28.3. The van der Waals surface area contributed by atoms with Crippen molar-refractivity contribution >= 4 is 13.6 Å². The zero-order valence-corrected chi connectivity index (χ0v) is 12.9. The van der Waals surface area contributed by atoms with Crippen LogP contribution in [0.5, 0.6) is 5.75 Å². The first-order valence-electron chi connectivity index (χ1n) is 6.14. The lowest BCUT2D eigenvalue weighted by Gasteiger charge is -2.20. The second-order valence-electron chi connectivity index (χ2n) is 5.94. The van der Waals surface area contributed by atoms with Gasteiger partial charge in [0.15, 0.2) is 0 Å². The Morgan fingerprint density at radius 3 is 1.94 bits per heavy atom. The minimum absolute atomic E-state index is 0.926. The Balaban J connectivity index is 3.04. The predicted octanol–water partition coefficient (Wildman–Crippen LogP) is 4.83. The van der Waals surface area contributed by atoms with Gasteiger partial charge in [-0.1, -0.05) is 37.3 Å². The van der Waals surface area contributed by atoms with Crippen LogP contribution >= 0.6 is 0 Å². The van der Waals surface area contributed by atoms with E-state index in [0.29, 0.717) is 0 Å². The van der Waals surface area contributed by atoms with Gasteiger partial charge in [-0.15, -0.1) is 0 Å². The third-order valence-electron chi connectivity index (χ3n) is 2.75. The second-order valence-corrected chi connectivity index (χ2v) is 11.4. The smallest absolute Gasteiger partial charge is 0.118 e. The van der Waals surface area contributed by atoms with Crippen molar-refractivity contribution in [3.63, 3.8) is 0 Å². The topological polar surface area (TPSA) is 9.23 Å². The monoisotopic (exact) mass is 248 g/mol. The van der Waals surface area contributed by atoms with Gasteiger partial charge < -0.3 is 4.74 Å². The molecular weight excluding hydrogens is 224 g/mol. The molecule has 2 heteroatoms. The van der Waals surface area contributed by atoms with Crippen molar-refractivity contribution in [2.24, 2.45) is 0 Å². The highest BCUT2D eigenvalue weighted by molar-refractivity contribution is 6.77. The largest absolute Gasteiger partial charge is 0.497 e. The van der Waals surface area contributed by atoms with E-state index in [-0.39, 0.29) is 0 Å². The first kappa shape index (κ1) is 14.0. The number of ether oxygens (including phenoxy) is 1. The minimum atomic E-state index is -1.08. The van der Waals surface area contributed by atoms with Crippen molar-refractivity contribution in [1.82, 2.24) is 0 Å². The maximum atomic E-state index is 5.20. The summed E-state index contributed by atoms with van der Waals surface area (Å²) >= 11 is 0. The molecule has 0 aromatic heterocycles. The SMILES string of the molecule is COc1ccc(C(C[Si](C)(C)C)=C(C)C)cc1. The maximum Gasteiger partial charge on any atom is 0.118 e. The Kier molecular flexibility index (Phi) is 4.58. The molecule has 0 aliphatic heterocycles. The third kappa shape index (κ3) is 4.39. The summed E-state index contributed by atoms with van der Waals surface area (Å²) in [5.74, 6) is 0.926. The van der Waals surface area contributed by atoms with E-state index in [2.05, 4.69) is 45.6 Å². The van der Waals surface area contributed by atoms with Crippen molar-refractivity contribution in [2.45, 2.75) is 39.5 Å². The van der Waals surface area contributed by atoms with E-state index in [1.165, 1.54) is 22.8 Å². The highest BCUT2D eigenvalue weighted by Gasteiger charge is 2.17. The Morgan fingerprint density at radius 1 is 1.06 bits per heavy atom. The fourth-order valence-electron chi connectivity index (χ4n) is 1.89. The molecule has 0 N–H and O–H groups in total. The Hall–Kier alpha value is -1.02. The van der Waals surface area contributed by atoms with Crippen molar-refractivity contribution in [3.8, 4) is 5.75 Å². The van der Waals surface area contributed by atoms with Gasteiger partial charge in [0.25, 0.3) is 0 Å². The van der Waals surface area contributed by atoms with E-state index < -0.39 is 8.07 Å². The average molecular weight is 248 g/mol. The summed E-state index contributed by atoms with van der Waals surface area (Å²) < 4.78 is 5.20. The fraction of sp³-hybridized carbons (Fsp3) is 0.467. The molecule has 0 bridgehead atoms. The molecule has 0 amide bonds. The maximum absolute atomic E-state index is 5.20. The Bertz CT molecular complexity index is 392. The Labute approximate surface area is 107 Å². The van der Waals surface area contributed by atoms with E-state index in [4.69, 9.17) is 4.74 Å². The predicted molar refractivity (Wildman–Crippen MR) is 79.4 cm³/mol. The number of rotatable bonds is 4. The van der Waals surface area contributed by atoms with Crippen molar-refractivity contribution in [3.05, 3.63) is 35.4 Å². The minimum Gasteiger partial charge on any atom is -0.497 e. The fourth-order valence-corrected chi connectivity index (χ4v) is 3.51. The lowest BCUT2D eigenvalue weighted by molar-refractivity contribution is 0.415. The van der Waals surface area contributed by atoms with Gasteiger partial charge in [0.1, 0.15) is 5.75 Å². The molecule has 1 aromatic rings. The van der Waals surface area contributed by atoms with Crippen LogP contribution in [0.15, 0.2) is 29.8 Å². The molecule has 0 unspecified atom stereocenters. The number of methoxy groups -OCH3 is 1. The zero-order chi connectivity index (χ0) is 13.1. The van der Waals surface area contributed by atoms with Crippen LogP contribution in [0.2, 0.25) is 25.7 Å². The van der Waals surface area contributed by atoms with E-state index in [0.717, 1.165) is 5.75 Å². The molecule has 0 saturated heterocycles. The average Bonchev–Trinajstić information content (AvgIpc) is 2.25. The van der Waals surface area contributed by atoms with Crippen LogP contribution in [0.3, 0.4) is 0 Å². The molecule has 1 rings (SSSR count). The summed E-state index contributed by atoms with van der Waals surface area (Å²) in [5.41, 5.74) is 4.28. The lowest BCUT2D eigenvalue weighted by atomic mass is 10.0. The summed E-state index contributed by atoms with van der Waals surface area (Å²) in [6, 6.07) is 9.66. The van der Waals surface area contributed by atoms with Gasteiger partial charge in [-0.3, -0.25) is 0 Å². The van der Waals surface area contributed by atoms with E-state index in [9.17, 15) is 0 Å². The van der Waals surface area contributed by atoms with Gasteiger partial charge >= 0.3 is 0 Å². The number of benzene rings is 1. The summed E-state index contributed by atoms with van der Waals surface area (Å²) in [4.78, 5) is 0. The van der Waals surface area contributed by atoms with E-state index >= 15 is 0 Å². The normalized spacial score (nSPS) is 11.2. The first-order valence-corrected chi connectivity index (χ1v) is 9.85. The molecule has 17 heavy (non-hydrogen) atoms. The van der Waals surface area contributed by atoms with Crippen molar-refractivity contribution in [2.75, 3.05) is 7.11 Å². The van der Waals surface area contributed by atoms with E-state index in [1.54, 1.807) is 7.11 Å². The molecule has 0 saturated carbocycles. The molecule has 0 fully saturated rings. The van der Waals surface area contributed by atoms with Crippen LogP contribution < -0.4 is 4.74 Å². The van der Waals surface area contributed by atoms with Gasteiger partial charge in [0.05, 0.1) is 7.11 Å². The first-order chi connectivity index (χ1) is 7.83. The lowest BCUT2D eigenvalue weighted by Crippen LogP contribution is -2.19. The summed E-state index contributed by atoms with van der Waals surface area (Å²) in [5, 5.41) is 0. The molecular formula is C15H24OSi. The highest BCUT2D eigenvalue weighted by Crippen LogP contribution is 2.29. The van der Waals surface area contributed by atoms with Crippen LogP contribution in [0.4, 0.5) is 0 Å². The number of hydrogen-bond donors (Lipinski definition) is 0. The van der Waals surface area contributed by atoms with Crippen LogP contribution in [0.25, 0.3) is 5.57 Å². The molecule has 0 radical (unpaired) electrons. The molecule has 0 aliphatic carbocycles.